The number of benzene rings is 3. The lowest BCUT2D eigenvalue weighted by molar-refractivity contribution is -0.141. The van der Waals surface area contributed by atoms with E-state index in [-0.39, 0.29) is 28.0 Å². The zero-order valence-corrected chi connectivity index (χ0v) is 30.8. The van der Waals surface area contributed by atoms with Gasteiger partial charge in [0.1, 0.15) is 6.10 Å². The third kappa shape index (κ3) is 5.82. The number of aliphatic carboxylic acids is 1. The number of carboxylic acids is 1. The number of methoxy groups -OCH3 is 1. The quantitative estimate of drug-likeness (QED) is 0.185. The van der Waals surface area contributed by atoms with Crippen LogP contribution in [0.2, 0.25) is 10.0 Å². The molecule has 3 heterocycles. The lowest BCUT2D eigenvalue weighted by atomic mass is 9.96. The van der Waals surface area contributed by atoms with Crippen LogP contribution in [0.4, 0.5) is 10.1 Å². The number of ether oxygens (including phenoxy) is 2. The van der Waals surface area contributed by atoms with E-state index in [2.05, 4.69) is 17.3 Å². The van der Waals surface area contributed by atoms with Crippen molar-refractivity contribution in [1.29, 1.82) is 0 Å². The molecule has 0 radical (unpaired) electrons. The van der Waals surface area contributed by atoms with E-state index in [1.54, 1.807) is 12.1 Å². The molecule has 2 aliphatic heterocycles. The molecule has 2 unspecified atom stereocenters. The van der Waals surface area contributed by atoms with Crippen LogP contribution in [0.3, 0.4) is 0 Å². The van der Waals surface area contributed by atoms with Gasteiger partial charge >= 0.3 is 5.97 Å². The van der Waals surface area contributed by atoms with Gasteiger partial charge in [0.05, 0.1) is 40.0 Å². The Kier molecular flexibility index (Phi) is 8.97. The Balaban J connectivity index is 1.03. The first-order chi connectivity index (χ1) is 25.0. The van der Waals surface area contributed by atoms with Gasteiger partial charge in [-0.2, -0.15) is 4.39 Å². The zero-order valence-electron chi connectivity index (χ0n) is 29.3. The van der Waals surface area contributed by atoms with Crippen LogP contribution in [0, 0.1) is 11.7 Å². The number of likely N-dealkylation sites (tertiary alicyclic amines) is 1. The van der Waals surface area contributed by atoms with Crippen LogP contribution in [0.25, 0.3) is 11.1 Å². The number of hydrogen-bond donors (Lipinski definition) is 2. The van der Waals surface area contributed by atoms with Gasteiger partial charge in [0.2, 0.25) is 5.82 Å². The Hall–Kier alpha value is -4.16. The summed E-state index contributed by atoms with van der Waals surface area (Å²) in [4.78, 5) is 34.3. The Bertz CT molecular complexity index is 2120. The fourth-order valence-corrected chi connectivity index (χ4v) is 8.98. The summed E-state index contributed by atoms with van der Waals surface area (Å²) in [5.41, 5.74) is 6.68. The molecule has 2 aliphatic carbocycles. The van der Waals surface area contributed by atoms with Crippen molar-refractivity contribution in [1.82, 2.24) is 19.4 Å². The van der Waals surface area contributed by atoms with E-state index in [0.29, 0.717) is 61.0 Å². The second-order valence-electron chi connectivity index (χ2n) is 14.4. The first kappa shape index (κ1) is 34.9. The van der Waals surface area contributed by atoms with E-state index >= 15 is 4.39 Å². The molecular formula is C39H40Cl2FN5O5. The van der Waals surface area contributed by atoms with Gasteiger partial charge in [-0.25, -0.2) is 4.98 Å². The second kappa shape index (κ2) is 13.4. The monoisotopic (exact) mass is 747 g/mol. The fraction of sp³-hybridized carbons (Fsp3) is 0.410. The Morgan fingerprint density at radius 1 is 1.06 bits per heavy atom. The molecule has 0 bridgehead atoms. The van der Waals surface area contributed by atoms with Gasteiger partial charge in [-0.1, -0.05) is 53.5 Å². The number of likely N-dealkylation sites (N-methyl/N-ethyl adjacent to an activating group) is 1. The van der Waals surface area contributed by atoms with Gasteiger partial charge in [0.25, 0.3) is 5.91 Å². The van der Waals surface area contributed by atoms with Gasteiger partial charge < -0.3 is 24.5 Å². The molecule has 10 nitrogen and oxygen atoms in total. The van der Waals surface area contributed by atoms with E-state index < -0.39 is 23.8 Å². The number of fused-ring (bicyclic) bond motifs is 3. The maximum absolute atomic E-state index is 16.0. The molecule has 1 spiro atoms. The number of imidazole rings is 1. The number of anilines is 1. The molecular weight excluding hydrogens is 708 g/mol. The molecule has 2 N–H and O–H groups in total. The van der Waals surface area contributed by atoms with E-state index in [1.165, 1.54) is 7.11 Å². The summed E-state index contributed by atoms with van der Waals surface area (Å²) in [6.07, 6.45) is 4.25. The minimum atomic E-state index is -0.831. The highest BCUT2D eigenvalue weighted by molar-refractivity contribution is 6.36. The minimum Gasteiger partial charge on any atom is -0.493 e. The number of carboxylic acid groups (broad SMARTS) is 1. The molecule has 8 rings (SSSR count). The number of nitrogens with zero attached hydrogens (tertiary/aromatic N) is 4. The minimum absolute atomic E-state index is 0.0286. The first-order valence-electron chi connectivity index (χ1n) is 17.7. The molecule has 2 atom stereocenters. The van der Waals surface area contributed by atoms with Crippen LogP contribution in [0.15, 0.2) is 42.5 Å². The summed E-state index contributed by atoms with van der Waals surface area (Å²) >= 11 is 13.7. The fourth-order valence-electron chi connectivity index (χ4n) is 8.45. The molecule has 1 saturated carbocycles. The first-order valence-corrected chi connectivity index (χ1v) is 18.4. The highest BCUT2D eigenvalue weighted by Gasteiger charge is 2.53. The lowest BCUT2D eigenvalue weighted by Gasteiger charge is -2.32. The van der Waals surface area contributed by atoms with Gasteiger partial charge in [-0.3, -0.25) is 19.4 Å². The van der Waals surface area contributed by atoms with Crippen molar-refractivity contribution in [2.75, 3.05) is 39.1 Å². The number of carbonyl (C=O) groups is 2. The topological polar surface area (TPSA) is 109 Å². The average Bonchev–Trinajstić information content (AvgIpc) is 3.40. The van der Waals surface area contributed by atoms with Crippen LogP contribution in [-0.4, -0.2) is 70.1 Å². The number of aromatic nitrogens is 2. The van der Waals surface area contributed by atoms with Crippen molar-refractivity contribution in [3.63, 3.8) is 0 Å². The summed E-state index contributed by atoms with van der Waals surface area (Å²) in [7, 11) is 5.43. The van der Waals surface area contributed by atoms with Crippen molar-refractivity contribution >= 4 is 40.8 Å². The van der Waals surface area contributed by atoms with Gasteiger partial charge in [0, 0.05) is 49.9 Å². The largest absolute Gasteiger partial charge is 0.493 e. The smallest absolute Gasteiger partial charge is 0.307 e. The van der Waals surface area contributed by atoms with E-state index in [1.807, 2.05) is 46.8 Å². The van der Waals surface area contributed by atoms with Gasteiger partial charge in [-0.05, 0) is 74.5 Å². The third-order valence-electron chi connectivity index (χ3n) is 11.4. The molecule has 1 aromatic heterocycles. The Labute approximate surface area is 311 Å². The average molecular weight is 749 g/mol. The van der Waals surface area contributed by atoms with Crippen LogP contribution in [0.5, 0.6) is 11.5 Å². The van der Waals surface area contributed by atoms with E-state index in [9.17, 15) is 14.7 Å². The highest BCUT2D eigenvalue weighted by Crippen LogP contribution is 2.53. The summed E-state index contributed by atoms with van der Waals surface area (Å²) in [5, 5.41) is 12.9. The summed E-state index contributed by atoms with van der Waals surface area (Å²) in [5.74, 6) is -1.98. The third-order valence-corrected chi connectivity index (χ3v) is 12.1. The number of carbonyl (C=O) groups excluding carboxylic acids is 1. The van der Waals surface area contributed by atoms with Crippen LogP contribution < -0.4 is 14.8 Å². The number of nitrogens with one attached hydrogen (secondary N) is 1. The van der Waals surface area contributed by atoms with Crippen molar-refractivity contribution < 1.29 is 28.6 Å². The van der Waals surface area contributed by atoms with Crippen molar-refractivity contribution in [3.8, 4) is 22.6 Å². The molecule has 52 heavy (non-hydrogen) atoms. The number of rotatable bonds is 9. The van der Waals surface area contributed by atoms with Gasteiger partial charge in [0.15, 0.2) is 17.3 Å². The molecule has 1 saturated heterocycles. The Morgan fingerprint density at radius 2 is 1.83 bits per heavy atom. The number of hydrogen-bond acceptors (Lipinski definition) is 7. The number of halogens is 3. The highest BCUT2D eigenvalue weighted by atomic mass is 35.5. The standard InChI is InChI=1S/C39H40Cl2FN5O5/c1-45-16-13-29-35(39(45)14-15-39)44-36(46(29)2)37(48)43-28-9-5-8-26(31(28)41)23-6-4-7-25-24(23)10-11-30(25)52-34-27(40)18-22(33(51-3)32(34)42)20-47-17-12-21(19-47)38(49)50/h4-9,18,21,30H,10-17,19-20H2,1-3H3,(H,43,48)(H,49,50). The number of amides is 1. The van der Waals surface area contributed by atoms with Crippen molar-refractivity contribution in [2.24, 2.45) is 13.0 Å². The second-order valence-corrected chi connectivity index (χ2v) is 15.2. The SMILES string of the molecule is COc1c(CN2CCC(C(=O)O)C2)cc(Cl)c(OC2CCc3c(-c4cccc(NC(=O)c5nc6c(n5C)CCN(C)C65CC5)c4Cl)cccc32)c1F. The van der Waals surface area contributed by atoms with E-state index in [0.717, 1.165) is 59.4 Å². The maximum atomic E-state index is 16.0. The summed E-state index contributed by atoms with van der Waals surface area (Å²) in [6, 6.07) is 13.1. The molecule has 3 aromatic carbocycles. The van der Waals surface area contributed by atoms with Crippen LogP contribution in [-0.2, 0) is 36.8 Å². The predicted molar refractivity (Wildman–Crippen MR) is 196 cm³/mol. The van der Waals surface area contributed by atoms with E-state index in [4.69, 9.17) is 37.7 Å². The predicted octanol–water partition coefficient (Wildman–Crippen LogP) is 7.24. The van der Waals surface area contributed by atoms with Gasteiger partial charge in [-0.15, -0.1) is 0 Å². The molecule has 13 heteroatoms. The Morgan fingerprint density at radius 3 is 2.56 bits per heavy atom. The zero-order chi connectivity index (χ0) is 36.5. The molecule has 4 aliphatic rings. The van der Waals surface area contributed by atoms with Crippen LogP contribution >= 0.6 is 23.2 Å². The molecule has 1 amide bonds. The molecule has 272 valence electrons. The van der Waals surface area contributed by atoms with Crippen molar-refractivity contribution in [2.45, 2.75) is 56.7 Å². The molecule has 2 fully saturated rings. The summed E-state index contributed by atoms with van der Waals surface area (Å²) in [6.45, 7) is 2.21. The normalized spacial score (nSPS) is 20.5. The van der Waals surface area contributed by atoms with Crippen LogP contribution in [0.1, 0.15) is 70.5 Å². The lowest BCUT2D eigenvalue weighted by Crippen LogP contribution is -2.38. The molecule has 4 aromatic rings. The maximum Gasteiger partial charge on any atom is 0.307 e. The summed E-state index contributed by atoms with van der Waals surface area (Å²) < 4.78 is 29.7. The van der Waals surface area contributed by atoms with Crippen molar-refractivity contribution in [3.05, 3.63) is 92.2 Å².